The van der Waals surface area contributed by atoms with E-state index in [1.165, 1.54) is 6.07 Å². The van der Waals surface area contributed by atoms with Crippen molar-refractivity contribution in [3.05, 3.63) is 59.7 Å². The fourth-order valence-corrected chi connectivity index (χ4v) is 2.14. The van der Waals surface area contributed by atoms with Crippen molar-refractivity contribution >= 4 is 11.6 Å². The number of carbonyl (C=O) groups excluding carboxylic acids is 1. The van der Waals surface area contributed by atoms with Crippen LogP contribution in [-0.4, -0.2) is 26.1 Å². The zero-order chi connectivity index (χ0) is 16.7. The largest absolute Gasteiger partial charge is 0.496 e. The molecule has 0 aromatic heterocycles. The molecular weight excluding hydrogens is 302 g/mol. The van der Waals surface area contributed by atoms with Crippen LogP contribution >= 0.6 is 0 Å². The van der Waals surface area contributed by atoms with Crippen molar-refractivity contribution < 1.29 is 18.3 Å². The molecule has 6 heteroatoms. The van der Waals surface area contributed by atoms with Crippen molar-refractivity contribution in [3.63, 3.8) is 0 Å². The maximum absolute atomic E-state index is 13.4. The lowest BCUT2D eigenvalue weighted by molar-refractivity contribution is -0.115. The van der Waals surface area contributed by atoms with Gasteiger partial charge >= 0.3 is 0 Å². The lowest BCUT2D eigenvalue weighted by atomic mass is 10.1. The summed E-state index contributed by atoms with van der Waals surface area (Å²) in [6.45, 7) is 0.496. The first-order chi connectivity index (χ1) is 11.1. The first kappa shape index (κ1) is 16.9. The molecule has 0 saturated heterocycles. The van der Waals surface area contributed by atoms with Crippen LogP contribution in [0.1, 0.15) is 5.56 Å². The fourth-order valence-electron chi connectivity index (χ4n) is 2.14. The molecule has 2 aromatic carbocycles. The van der Waals surface area contributed by atoms with Crippen LogP contribution in [0.4, 0.5) is 14.5 Å². The number of amides is 1. The van der Waals surface area contributed by atoms with Crippen molar-refractivity contribution in [2.24, 2.45) is 0 Å². The highest BCUT2D eigenvalue weighted by Crippen LogP contribution is 2.18. The molecule has 2 rings (SSSR count). The summed E-state index contributed by atoms with van der Waals surface area (Å²) in [6.07, 6.45) is 0.672. The van der Waals surface area contributed by atoms with Gasteiger partial charge in [0.25, 0.3) is 0 Å². The Bertz CT molecular complexity index is 657. The molecule has 1 amide bonds. The molecule has 0 spiro atoms. The quantitative estimate of drug-likeness (QED) is 0.771. The van der Waals surface area contributed by atoms with Crippen LogP contribution in [0.5, 0.6) is 5.75 Å². The number of para-hydroxylation sites is 2. The predicted molar refractivity (Wildman–Crippen MR) is 84.6 cm³/mol. The van der Waals surface area contributed by atoms with Gasteiger partial charge in [-0.3, -0.25) is 4.79 Å². The molecule has 0 bridgehead atoms. The summed E-state index contributed by atoms with van der Waals surface area (Å²) >= 11 is 0. The van der Waals surface area contributed by atoms with Crippen molar-refractivity contribution in [2.75, 3.05) is 25.5 Å². The van der Waals surface area contributed by atoms with Crippen LogP contribution in [-0.2, 0) is 11.2 Å². The molecule has 0 radical (unpaired) electrons. The Balaban J connectivity index is 1.79. The summed E-state index contributed by atoms with van der Waals surface area (Å²) in [5.41, 5.74) is 0.590. The molecule has 0 unspecified atom stereocenters. The zero-order valence-electron chi connectivity index (χ0n) is 12.7. The molecular formula is C17H18F2N2O2. The van der Waals surface area contributed by atoms with E-state index in [1.54, 1.807) is 7.11 Å². The summed E-state index contributed by atoms with van der Waals surface area (Å²) in [5.74, 6) is -1.32. The summed E-state index contributed by atoms with van der Waals surface area (Å²) in [6, 6.07) is 11.0. The number of rotatable bonds is 7. The Morgan fingerprint density at radius 3 is 2.48 bits per heavy atom. The molecule has 0 saturated carbocycles. The van der Waals surface area contributed by atoms with Gasteiger partial charge in [-0.05, 0) is 36.7 Å². The fraction of sp³-hybridized carbons (Fsp3) is 0.235. The second-order valence-corrected chi connectivity index (χ2v) is 4.88. The van der Waals surface area contributed by atoms with E-state index in [4.69, 9.17) is 4.74 Å². The van der Waals surface area contributed by atoms with Gasteiger partial charge in [0.2, 0.25) is 5.91 Å². The van der Waals surface area contributed by atoms with Crippen LogP contribution < -0.4 is 15.4 Å². The third-order valence-electron chi connectivity index (χ3n) is 3.28. The minimum Gasteiger partial charge on any atom is -0.496 e. The minimum absolute atomic E-state index is 0.0388. The topological polar surface area (TPSA) is 50.4 Å². The smallest absolute Gasteiger partial charge is 0.238 e. The van der Waals surface area contributed by atoms with Crippen LogP contribution in [0.25, 0.3) is 0 Å². The maximum atomic E-state index is 13.4. The third-order valence-corrected chi connectivity index (χ3v) is 3.28. The number of benzene rings is 2. The minimum atomic E-state index is -0.799. The molecule has 4 nitrogen and oxygen atoms in total. The summed E-state index contributed by atoms with van der Waals surface area (Å²) in [7, 11) is 1.60. The number of methoxy groups -OCH3 is 1. The number of halogens is 2. The Hall–Kier alpha value is -2.47. The van der Waals surface area contributed by atoms with Gasteiger partial charge in [-0.2, -0.15) is 0 Å². The second-order valence-electron chi connectivity index (χ2n) is 4.88. The van der Waals surface area contributed by atoms with Gasteiger partial charge < -0.3 is 15.4 Å². The average Bonchev–Trinajstić information content (AvgIpc) is 2.55. The van der Waals surface area contributed by atoms with E-state index in [1.807, 2.05) is 24.3 Å². The van der Waals surface area contributed by atoms with Gasteiger partial charge in [-0.25, -0.2) is 8.78 Å². The van der Waals surface area contributed by atoms with Crippen molar-refractivity contribution in [2.45, 2.75) is 6.42 Å². The van der Waals surface area contributed by atoms with Crippen LogP contribution in [0.15, 0.2) is 42.5 Å². The standard InChI is InChI=1S/C17H18F2N2O2/c1-23-15-8-3-2-5-12(15)9-10-20-11-16(22)21-17-13(18)6-4-7-14(17)19/h2-8,20H,9-11H2,1H3,(H,21,22). The average molecular weight is 320 g/mol. The molecule has 0 atom stereocenters. The van der Waals surface area contributed by atoms with Crippen molar-refractivity contribution in [3.8, 4) is 5.75 Å². The maximum Gasteiger partial charge on any atom is 0.238 e. The van der Waals surface area contributed by atoms with Gasteiger partial charge in [0.05, 0.1) is 13.7 Å². The zero-order valence-corrected chi connectivity index (χ0v) is 12.7. The molecule has 0 heterocycles. The number of nitrogens with one attached hydrogen (secondary N) is 2. The first-order valence-corrected chi connectivity index (χ1v) is 7.18. The number of ether oxygens (including phenoxy) is 1. The Labute approximate surface area is 133 Å². The van der Waals surface area contributed by atoms with E-state index < -0.39 is 23.2 Å². The highest BCUT2D eigenvalue weighted by Gasteiger charge is 2.11. The van der Waals surface area contributed by atoms with E-state index in [0.29, 0.717) is 13.0 Å². The number of anilines is 1. The number of carbonyl (C=O) groups is 1. The molecule has 2 aromatic rings. The van der Waals surface area contributed by atoms with E-state index in [9.17, 15) is 13.6 Å². The Morgan fingerprint density at radius 1 is 1.09 bits per heavy atom. The number of hydrogen-bond donors (Lipinski definition) is 2. The van der Waals surface area contributed by atoms with Gasteiger partial charge in [-0.1, -0.05) is 24.3 Å². The monoisotopic (exact) mass is 320 g/mol. The third kappa shape index (κ3) is 4.75. The molecule has 2 N–H and O–H groups in total. The lowest BCUT2D eigenvalue weighted by Crippen LogP contribution is -2.30. The van der Waals surface area contributed by atoms with Crippen molar-refractivity contribution in [1.29, 1.82) is 0 Å². The summed E-state index contributed by atoms with van der Waals surface area (Å²) in [5, 5.41) is 5.16. The lowest BCUT2D eigenvalue weighted by Gasteiger charge is -2.10. The molecule has 0 aliphatic carbocycles. The SMILES string of the molecule is COc1ccccc1CCNCC(=O)Nc1c(F)cccc1F. The summed E-state index contributed by atoms with van der Waals surface area (Å²) in [4.78, 5) is 11.7. The molecule has 0 aliphatic heterocycles. The predicted octanol–water partition coefficient (Wildman–Crippen LogP) is 2.74. The van der Waals surface area contributed by atoms with Gasteiger partial charge in [0.1, 0.15) is 23.1 Å². The molecule has 122 valence electrons. The normalized spacial score (nSPS) is 10.4. The number of hydrogen-bond acceptors (Lipinski definition) is 3. The van der Waals surface area contributed by atoms with E-state index in [-0.39, 0.29) is 6.54 Å². The van der Waals surface area contributed by atoms with Crippen LogP contribution in [0.3, 0.4) is 0 Å². The van der Waals surface area contributed by atoms with E-state index in [2.05, 4.69) is 10.6 Å². The van der Waals surface area contributed by atoms with Crippen molar-refractivity contribution in [1.82, 2.24) is 5.32 Å². The van der Waals surface area contributed by atoms with Gasteiger partial charge in [0.15, 0.2) is 0 Å². The second kappa shape index (κ2) is 8.24. The van der Waals surface area contributed by atoms with Gasteiger partial charge in [-0.15, -0.1) is 0 Å². The Kier molecular flexibility index (Phi) is 6.05. The van der Waals surface area contributed by atoms with E-state index >= 15 is 0 Å². The molecule has 0 fully saturated rings. The highest BCUT2D eigenvalue weighted by molar-refractivity contribution is 5.92. The van der Waals surface area contributed by atoms with E-state index in [0.717, 1.165) is 23.4 Å². The summed E-state index contributed by atoms with van der Waals surface area (Å²) < 4.78 is 32.1. The van der Waals surface area contributed by atoms with Crippen LogP contribution in [0, 0.1) is 11.6 Å². The molecule has 23 heavy (non-hydrogen) atoms. The molecule has 0 aliphatic rings. The first-order valence-electron chi connectivity index (χ1n) is 7.18. The van der Waals surface area contributed by atoms with Crippen LogP contribution in [0.2, 0.25) is 0 Å². The Morgan fingerprint density at radius 2 is 1.78 bits per heavy atom. The van der Waals surface area contributed by atoms with Gasteiger partial charge in [0, 0.05) is 0 Å². The highest BCUT2D eigenvalue weighted by atomic mass is 19.1.